The zero-order valence-electron chi connectivity index (χ0n) is 9.90. The van der Waals surface area contributed by atoms with Crippen molar-refractivity contribution in [1.82, 2.24) is 0 Å². The summed E-state index contributed by atoms with van der Waals surface area (Å²) in [5.41, 5.74) is -0.460. The van der Waals surface area contributed by atoms with Crippen molar-refractivity contribution in [3.8, 4) is 11.8 Å². The summed E-state index contributed by atoms with van der Waals surface area (Å²) < 4.78 is 0. The molecule has 0 aliphatic heterocycles. The Morgan fingerprint density at radius 1 is 1.07 bits per heavy atom. The largest absolute Gasteiger partial charge is 0.390 e. The Bertz CT molecular complexity index is 187. The van der Waals surface area contributed by atoms with Crippen LogP contribution in [-0.4, -0.2) is 10.7 Å². The van der Waals surface area contributed by atoms with Crippen molar-refractivity contribution < 1.29 is 5.11 Å². The van der Waals surface area contributed by atoms with E-state index in [1.165, 1.54) is 0 Å². The molecule has 1 atom stereocenters. The minimum atomic E-state index is -0.460. The van der Waals surface area contributed by atoms with E-state index in [-0.39, 0.29) is 0 Å². The lowest BCUT2D eigenvalue weighted by atomic mass is 9.89. The van der Waals surface area contributed by atoms with Crippen LogP contribution in [0.4, 0.5) is 0 Å². The first-order valence-electron chi connectivity index (χ1n) is 5.86. The quantitative estimate of drug-likeness (QED) is 0.644. The molecule has 14 heavy (non-hydrogen) atoms. The number of rotatable bonds is 6. The summed E-state index contributed by atoms with van der Waals surface area (Å²) in [5.74, 6) is 6.13. The lowest BCUT2D eigenvalue weighted by Crippen LogP contribution is -2.27. The van der Waals surface area contributed by atoms with Crippen molar-refractivity contribution in [3.05, 3.63) is 0 Å². The van der Waals surface area contributed by atoms with E-state index in [9.17, 15) is 5.11 Å². The molecule has 1 unspecified atom stereocenters. The molecule has 1 heteroatoms. The first-order valence-corrected chi connectivity index (χ1v) is 5.86. The molecular weight excluding hydrogens is 172 g/mol. The Morgan fingerprint density at radius 3 is 2.29 bits per heavy atom. The van der Waals surface area contributed by atoms with E-state index in [1.807, 2.05) is 0 Å². The van der Waals surface area contributed by atoms with Gasteiger partial charge in [-0.3, -0.25) is 0 Å². The molecule has 0 fully saturated rings. The lowest BCUT2D eigenvalue weighted by molar-refractivity contribution is 0.0183. The molecule has 0 aliphatic carbocycles. The van der Waals surface area contributed by atoms with Crippen LogP contribution in [0.3, 0.4) is 0 Å². The summed E-state index contributed by atoms with van der Waals surface area (Å²) in [6.07, 6.45) is 6.63. The number of aliphatic hydroxyl groups is 1. The first-order chi connectivity index (χ1) is 6.68. The molecule has 0 heterocycles. The van der Waals surface area contributed by atoms with Crippen LogP contribution >= 0.6 is 0 Å². The van der Waals surface area contributed by atoms with Gasteiger partial charge >= 0.3 is 0 Å². The number of hydrogen-bond acceptors (Lipinski definition) is 1. The molecule has 0 saturated heterocycles. The highest BCUT2D eigenvalue weighted by Gasteiger charge is 2.22. The molecule has 1 N–H and O–H groups in total. The van der Waals surface area contributed by atoms with Gasteiger partial charge in [0.25, 0.3) is 0 Å². The summed E-state index contributed by atoms with van der Waals surface area (Å²) >= 11 is 0. The predicted octanol–water partition coefficient (Wildman–Crippen LogP) is 3.51. The Labute approximate surface area is 88.9 Å². The van der Waals surface area contributed by atoms with Crippen LogP contribution in [0, 0.1) is 11.8 Å². The van der Waals surface area contributed by atoms with E-state index in [0.29, 0.717) is 0 Å². The molecule has 1 nitrogen and oxygen atoms in total. The van der Waals surface area contributed by atoms with Crippen LogP contribution in [-0.2, 0) is 0 Å². The van der Waals surface area contributed by atoms with Crippen molar-refractivity contribution in [2.75, 3.05) is 0 Å². The van der Waals surface area contributed by atoms with Crippen LogP contribution in [0.2, 0.25) is 0 Å². The molecule has 0 bridgehead atoms. The third-order valence-electron chi connectivity index (χ3n) is 2.67. The van der Waals surface area contributed by atoms with Crippen molar-refractivity contribution in [2.24, 2.45) is 0 Å². The molecule has 0 aromatic carbocycles. The molecule has 0 aromatic heterocycles. The monoisotopic (exact) mass is 196 g/mol. The van der Waals surface area contributed by atoms with Gasteiger partial charge in [-0.1, -0.05) is 33.6 Å². The molecule has 0 aromatic rings. The average molecular weight is 196 g/mol. The van der Waals surface area contributed by atoms with E-state index < -0.39 is 5.60 Å². The second kappa shape index (κ2) is 7.88. The second-order valence-electron chi connectivity index (χ2n) is 3.89. The van der Waals surface area contributed by atoms with Gasteiger partial charge < -0.3 is 5.11 Å². The van der Waals surface area contributed by atoms with Gasteiger partial charge in [-0.25, -0.2) is 0 Å². The van der Waals surface area contributed by atoms with E-state index in [1.54, 1.807) is 0 Å². The van der Waals surface area contributed by atoms with Gasteiger partial charge in [-0.05, 0) is 19.3 Å². The van der Waals surface area contributed by atoms with Crippen LogP contribution in [0.15, 0.2) is 0 Å². The van der Waals surface area contributed by atoms with Gasteiger partial charge in [0.05, 0.1) is 5.60 Å². The van der Waals surface area contributed by atoms with Gasteiger partial charge in [-0.2, -0.15) is 0 Å². The van der Waals surface area contributed by atoms with Crippen molar-refractivity contribution in [3.63, 3.8) is 0 Å². The van der Waals surface area contributed by atoms with E-state index in [4.69, 9.17) is 0 Å². The van der Waals surface area contributed by atoms with Crippen LogP contribution < -0.4 is 0 Å². The molecule has 0 spiro atoms. The molecule has 82 valence electrons. The number of hydrogen-bond donors (Lipinski definition) is 1. The van der Waals surface area contributed by atoms with Gasteiger partial charge in [-0.15, -0.1) is 11.8 Å². The standard InChI is InChI=1S/C13H24O/c1-4-7-9-10-12-13(14,6-3)11-8-5-2/h14H,4-6,8,10-12H2,1-3H3. The minimum Gasteiger partial charge on any atom is -0.390 e. The Morgan fingerprint density at radius 2 is 1.79 bits per heavy atom. The van der Waals surface area contributed by atoms with Crippen molar-refractivity contribution in [1.29, 1.82) is 0 Å². The van der Waals surface area contributed by atoms with Crippen LogP contribution in [0.5, 0.6) is 0 Å². The zero-order chi connectivity index (χ0) is 10.9. The Hall–Kier alpha value is -0.480. The Kier molecular flexibility index (Phi) is 7.61. The smallest absolute Gasteiger partial charge is 0.0654 e. The van der Waals surface area contributed by atoms with E-state index in [2.05, 4.69) is 32.6 Å². The summed E-state index contributed by atoms with van der Waals surface area (Å²) in [7, 11) is 0. The zero-order valence-corrected chi connectivity index (χ0v) is 9.90. The van der Waals surface area contributed by atoms with Gasteiger partial charge in [0, 0.05) is 12.8 Å². The fourth-order valence-electron chi connectivity index (χ4n) is 1.49. The van der Waals surface area contributed by atoms with E-state index in [0.717, 1.165) is 44.9 Å². The average Bonchev–Trinajstić information content (AvgIpc) is 2.22. The topological polar surface area (TPSA) is 20.2 Å². The van der Waals surface area contributed by atoms with Crippen LogP contribution in [0.1, 0.15) is 65.7 Å². The lowest BCUT2D eigenvalue weighted by Gasteiger charge is -2.25. The molecule has 0 saturated carbocycles. The maximum absolute atomic E-state index is 10.2. The highest BCUT2D eigenvalue weighted by molar-refractivity contribution is 4.99. The van der Waals surface area contributed by atoms with Gasteiger partial charge in [0.1, 0.15) is 0 Å². The van der Waals surface area contributed by atoms with Gasteiger partial charge in [0.2, 0.25) is 0 Å². The molecule has 0 radical (unpaired) electrons. The summed E-state index contributed by atoms with van der Waals surface area (Å²) in [4.78, 5) is 0. The maximum Gasteiger partial charge on any atom is 0.0654 e. The summed E-state index contributed by atoms with van der Waals surface area (Å²) in [6.45, 7) is 6.27. The number of unbranched alkanes of at least 4 members (excludes halogenated alkanes) is 1. The third kappa shape index (κ3) is 6.05. The normalized spacial score (nSPS) is 14.3. The highest BCUT2D eigenvalue weighted by atomic mass is 16.3. The molecule has 0 rings (SSSR count). The fraction of sp³-hybridized carbons (Fsp3) is 0.846. The SMILES string of the molecule is CCC#CCCC(O)(CC)CCCC. The predicted molar refractivity (Wildman–Crippen MR) is 62.1 cm³/mol. The van der Waals surface area contributed by atoms with E-state index >= 15 is 0 Å². The van der Waals surface area contributed by atoms with Crippen molar-refractivity contribution in [2.45, 2.75) is 71.3 Å². The first kappa shape index (κ1) is 13.5. The van der Waals surface area contributed by atoms with Gasteiger partial charge in [0.15, 0.2) is 0 Å². The molecular formula is C13H24O. The Balaban J connectivity index is 3.85. The summed E-state index contributed by atoms with van der Waals surface area (Å²) in [5, 5.41) is 10.2. The highest BCUT2D eigenvalue weighted by Crippen LogP contribution is 2.23. The van der Waals surface area contributed by atoms with Crippen molar-refractivity contribution >= 4 is 0 Å². The van der Waals surface area contributed by atoms with Crippen LogP contribution in [0.25, 0.3) is 0 Å². The maximum atomic E-state index is 10.2. The minimum absolute atomic E-state index is 0.460. The third-order valence-corrected chi connectivity index (χ3v) is 2.67. The second-order valence-corrected chi connectivity index (χ2v) is 3.89. The molecule has 0 amide bonds. The summed E-state index contributed by atoms with van der Waals surface area (Å²) in [6, 6.07) is 0. The fourth-order valence-corrected chi connectivity index (χ4v) is 1.49. The molecule has 0 aliphatic rings.